The van der Waals surface area contributed by atoms with Gasteiger partial charge in [0, 0.05) is 16.5 Å². The SMILES string of the molecule is Cc1nc(CNc2cc(C)c([N+](=O)[O-])cc2Cl)c(C)s1. The van der Waals surface area contributed by atoms with Gasteiger partial charge in [-0.05, 0) is 26.8 Å². The highest BCUT2D eigenvalue weighted by Crippen LogP contribution is 2.30. The molecule has 106 valence electrons. The third-order valence-corrected chi connectivity index (χ3v) is 4.17. The second kappa shape index (κ2) is 5.76. The molecular weight excluding hydrogens is 298 g/mol. The first-order valence-electron chi connectivity index (χ1n) is 6.00. The molecule has 0 saturated heterocycles. The highest BCUT2D eigenvalue weighted by molar-refractivity contribution is 7.11. The molecule has 2 aromatic rings. The van der Waals surface area contributed by atoms with Crippen molar-refractivity contribution in [3.63, 3.8) is 0 Å². The Hall–Kier alpha value is -1.66. The van der Waals surface area contributed by atoms with Gasteiger partial charge in [0.05, 0.1) is 32.9 Å². The second-order valence-corrected chi connectivity index (χ2v) is 6.28. The summed E-state index contributed by atoms with van der Waals surface area (Å²) in [6, 6.07) is 3.06. The minimum absolute atomic E-state index is 0.0289. The summed E-state index contributed by atoms with van der Waals surface area (Å²) in [5.74, 6) is 0. The summed E-state index contributed by atoms with van der Waals surface area (Å²) in [4.78, 5) is 16.0. The van der Waals surface area contributed by atoms with E-state index in [4.69, 9.17) is 11.6 Å². The zero-order valence-corrected chi connectivity index (χ0v) is 12.9. The molecule has 0 aliphatic rings. The molecule has 5 nitrogen and oxygen atoms in total. The number of aromatic nitrogens is 1. The number of halogens is 1. The van der Waals surface area contributed by atoms with Crippen molar-refractivity contribution in [3.05, 3.63) is 48.4 Å². The number of hydrogen-bond acceptors (Lipinski definition) is 5. The first-order chi connectivity index (χ1) is 9.38. The molecule has 1 N–H and O–H groups in total. The molecule has 0 radical (unpaired) electrons. The van der Waals surface area contributed by atoms with Crippen LogP contribution in [0, 0.1) is 30.9 Å². The fraction of sp³-hybridized carbons (Fsp3) is 0.308. The van der Waals surface area contributed by atoms with E-state index in [9.17, 15) is 10.1 Å². The molecule has 0 spiro atoms. The van der Waals surface area contributed by atoms with Gasteiger partial charge in [-0.1, -0.05) is 11.6 Å². The lowest BCUT2D eigenvalue weighted by Crippen LogP contribution is -2.03. The smallest absolute Gasteiger partial charge is 0.273 e. The van der Waals surface area contributed by atoms with Gasteiger partial charge in [-0.15, -0.1) is 11.3 Å². The highest BCUT2D eigenvalue weighted by atomic mass is 35.5. The summed E-state index contributed by atoms with van der Waals surface area (Å²) < 4.78 is 0. The number of nitrogens with one attached hydrogen (secondary N) is 1. The van der Waals surface area contributed by atoms with Crippen LogP contribution < -0.4 is 5.32 Å². The molecule has 1 aromatic heterocycles. The van der Waals surface area contributed by atoms with Crippen LogP contribution in [0.4, 0.5) is 11.4 Å². The Kier molecular flexibility index (Phi) is 4.25. The largest absolute Gasteiger partial charge is 0.378 e. The Morgan fingerprint density at radius 2 is 2.10 bits per heavy atom. The molecule has 0 amide bonds. The van der Waals surface area contributed by atoms with E-state index < -0.39 is 4.92 Å². The van der Waals surface area contributed by atoms with Gasteiger partial charge >= 0.3 is 0 Å². The van der Waals surface area contributed by atoms with E-state index in [2.05, 4.69) is 10.3 Å². The molecule has 0 unspecified atom stereocenters. The van der Waals surface area contributed by atoms with Crippen molar-refractivity contribution in [2.75, 3.05) is 5.32 Å². The molecule has 0 aliphatic heterocycles. The molecule has 2 rings (SSSR count). The van der Waals surface area contributed by atoms with Gasteiger partial charge in [-0.25, -0.2) is 4.98 Å². The maximum Gasteiger partial charge on any atom is 0.273 e. The predicted octanol–water partition coefficient (Wildman–Crippen LogP) is 4.24. The van der Waals surface area contributed by atoms with Crippen LogP contribution in [-0.4, -0.2) is 9.91 Å². The van der Waals surface area contributed by atoms with Crippen LogP contribution in [0.5, 0.6) is 0 Å². The second-order valence-electron chi connectivity index (χ2n) is 4.46. The zero-order chi connectivity index (χ0) is 14.9. The molecule has 0 bridgehead atoms. The lowest BCUT2D eigenvalue weighted by atomic mass is 10.2. The standard InChI is InChI=1S/C13H14ClN3O2S/c1-7-4-11(10(14)5-13(7)17(18)19)15-6-12-8(2)20-9(3)16-12/h4-5,15H,6H2,1-3H3. The first kappa shape index (κ1) is 14.7. The molecule has 0 atom stereocenters. The minimum Gasteiger partial charge on any atom is -0.378 e. The van der Waals surface area contributed by atoms with Crippen LogP contribution in [0.15, 0.2) is 12.1 Å². The van der Waals surface area contributed by atoms with E-state index in [1.807, 2.05) is 13.8 Å². The van der Waals surface area contributed by atoms with E-state index in [-0.39, 0.29) is 5.69 Å². The van der Waals surface area contributed by atoms with E-state index in [0.29, 0.717) is 22.8 Å². The Balaban J connectivity index is 2.20. The summed E-state index contributed by atoms with van der Waals surface area (Å²) in [6.45, 7) is 6.22. The van der Waals surface area contributed by atoms with Crippen LogP contribution >= 0.6 is 22.9 Å². The normalized spacial score (nSPS) is 10.6. The van der Waals surface area contributed by atoms with Crippen molar-refractivity contribution >= 4 is 34.3 Å². The van der Waals surface area contributed by atoms with Gasteiger partial charge in [0.25, 0.3) is 5.69 Å². The zero-order valence-electron chi connectivity index (χ0n) is 11.4. The average Bonchev–Trinajstić information content (AvgIpc) is 2.68. The van der Waals surface area contributed by atoms with Crippen molar-refractivity contribution in [1.29, 1.82) is 0 Å². The predicted molar refractivity (Wildman–Crippen MR) is 81.8 cm³/mol. The van der Waals surface area contributed by atoms with Gasteiger partial charge < -0.3 is 5.32 Å². The minimum atomic E-state index is -0.432. The number of anilines is 1. The summed E-state index contributed by atoms with van der Waals surface area (Å²) in [6.07, 6.45) is 0. The number of benzene rings is 1. The molecule has 0 aliphatic carbocycles. The van der Waals surface area contributed by atoms with Crippen LogP contribution in [0.1, 0.15) is 21.1 Å². The molecule has 20 heavy (non-hydrogen) atoms. The maximum atomic E-state index is 10.8. The fourth-order valence-corrected chi connectivity index (χ4v) is 2.98. The van der Waals surface area contributed by atoms with Gasteiger partial charge in [-0.2, -0.15) is 0 Å². The Morgan fingerprint density at radius 3 is 2.65 bits per heavy atom. The Bertz CT molecular complexity index is 670. The number of nitrogens with zero attached hydrogens (tertiary/aromatic N) is 2. The van der Waals surface area contributed by atoms with Crippen molar-refractivity contribution < 1.29 is 4.92 Å². The number of hydrogen-bond donors (Lipinski definition) is 1. The van der Waals surface area contributed by atoms with Crippen molar-refractivity contribution in [2.45, 2.75) is 27.3 Å². The highest BCUT2D eigenvalue weighted by Gasteiger charge is 2.14. The van der Waals surface area contributed by atoms with Gasteiger partial charge in [0.2, 0.25) is 0 Å². The molecular formula is C13H14ClN3O2S. The average molecular weight is 312 g/mol. The molecule has 1 heterocycles. The van der Waals surface area contributed by atoms with Crippen LogP contribution in [0.2, 0.25) is 5.02 Å². The summed E-state index contributed by atoms with van der Waals surface area (Å²) >= 11 is 7.72. The van der Waals surface area contributed by atoms with Crippen molar-refractivity contribution in [2.24, 2.45) is 0 Å². The third-order valence-electron chi connectivity index (χ3n) is 2.93. The van der Waals surface area contributed by atoms with E-state index in [1.165, 1.54) is 6.07 Å². The van der Waals surface area contributed by atoms with Gasteiger partial charge in [0.15, 0.2) is 0 Å². The number of nitro benzene ring substituents is 1. The van der Waals surface area contributed by atoms with E-state index in [0.717, 1.165) is 15.6 Å². The number of aryl methyl sites for hydroxylation is 3. The first-order valence-corrected chi connectivity index (χ1v) is 7.19. The quantitative estimate of drug-likeness (QED) is 0.677. The Morgan fingerprint density at radius 1 is 1.40 bits per heavy atom. The number of thiazole rings is 1. The maximum absolute atomic E-state index is 10.8. The molecule has 0 saturated carbocycles. The van der Waals surface area contributed by atoms with Crippen LogP contribution in [-0.2, 0) is 6.54 Å². The molecule has 0 fully saturated rings. The Labute approximate surface area is 125 Å². The number of rotatable bonds is 4. The lowest BCUT2D eigenvalue weighted by Gasteiger charge is -2.09. The topological polar surface area (TPSA) is 68.1 Å². The van der Waals surface area contributed by atoms with Crippen LogP contribution in [0.3, 0.4) is 0 Å². The summed E-state index contributed by atoms with van der Waals surface area (Å²) in [5.41, 5.74) is 2.26. The van der Waals surface area contributed by atoms with Gasteiger partial charge in [-0.3, -0.25) is 10.1 Å². The monoisotopic (exact) mass is 311 g/mol. The van der Waals surface area contributed by atoms with E-state index in [1.54, 1.807) is 24.3 Å². The van der Waals surface area contributed by atoms with Crippen molar-refractivity contribution in [1.82, 2.24) is 4.98 Å². The van der Waals surface area contributed by atoms with Crippen molar-refractivity contribution in [3.8, 4) is 0 Å². The third kappa shape index (κ3) is 3.08. The summed E-state index contributed by atoms with van der Waals surface area (Å²) in [5, 5.41) is 15.4. The van der Waals surface area contributed by atoms with E-state index >= 15 is 0 Å². The molecule has 1 aromatic carbocycles. The number of nitro groups is 1. The van der Waals surface area contributed by atoms with Gasteiger partial charge in [0.1, 0.15) is 0 Å². The summed E-state index contributed by atoms with van der Waals surface area (Å²) in [7, 11) is 0. The lowest BCUT2D eigenvalue weighted by molar-refractivity contribution is -0.385. The fourth-order valence-electron chi connectivity index (χ4n) is 1.92. The van der Waals surface area contributed by atoms with Crippen LogP contribution in [0.25, 0.3) is 0 Å². The molecule has 7 heteroatoms.